The van der Waals surface area contributed by atoms with Crippen LogP contribution in [0, 0.1) is 6.92 Å². The number of halogens is 3. The first kappa shape index (κ1) is 25.0. The number of methoxy groups -OCH3 is 1. The van der Waals surface area contributed by atoms with Gasteiger partial charge in [0.05, 0.1) is 30.3 Å². The highest BCUT2D eigenvalue weighted by molar-refractivity contribution is 5.68. The number of aliphatic carboxylic acids is 1. The molecule has 0 bridgehead atoms. The molecule has 2 aromatic carbocycles. The van der Waals surface area contributed by atoms with Crippen molar-refractivity contribution >= 4 is 11.8 Å². The Morgan fingerprint density at radius 1 is 1.12 bits per heavy atom. The zero-order valence-electron chi connectivity index (χ0n) is 18.7. The van der Waals surface area contributed by atoms with E-state index in [1.54, 1.807) is 19.4 Å². The van der Waals surface area contributed by atoms with Crippen LogP contribution in [0.2, 0.25) is 0 Å². The molecular weight excluding hydrogens is 451 g/mol. The van der Waals surface area contributed by atoms with Crippen molar-refractivity contribution in [1.29, 1.82) is 0 Å². The first-order valence-corrected chi connectivity index (χ1v) is 10.3. The van der Waals surface area contributed by atoms with Crippen LogP contribution >= 0.6 is 0 Å². The molecule has 10 heteroatoms. The third kappa shape index (κ3) is 6.67. The Balaban J connectivity index is 1.83. The van der Waals surface area contributed by atoms with E-state index in [2.05, 4.69) is 9.97 Å². The van der Waals surface area contributed by atoms with E-state index in [0.717, 1.165) is 23.3 Å². The third-order valence-corrected chi connectivity index (χ3v) is 4.98. The first-order chi connectivity index (χ1) is 16.2. The summed E-state index contributed by atoms with van der Waals surface area (Å²) in [6.07, 6.45) is -1.32. The number of anilines is 1. The lowest BCUT2D eigenvalue weighted by Crippen LogP contribution is -2.28. The number of hydrogen-bond donors (Lipinski definition) is 1. The standard InChI is InChI=1S/C24H24F3N3O4/c1-16-11-17(3-8-21(16)34-15-23(31)32)14-30(9-10-33-2)22-13-28-12-20(29-22)18-4-6-19(7-5-18)24(25,26)27/h3-8,11-13H,9-10,14-15H2,1-2H3,(H,31,32). The Morgan fingerprint density at radius 2 is 1.85 bits per heavy atom. The maximum Gasteiger partial charge on any atom is 0.416 e. The molecule has 0 radical (unpaired) electrons. The zero-order valence-corrected chi connectivity index (χ0v) is 18.7. The van der Waals surface area contributed by atoms with Gasteiger partial charge in [0, 0.05) is 25.8 Å². The highest BCUT2D eigenvalue weighted by Crippen LogP contribution is 2.31. The van der Waals surface area contributed by atoms with Gasteiger partial charge in [-0.25, -0.2) is 9.78 Å². The highest BCUT2D eigenvalue weighted by Gasteiger charge is 2.30. The minimum Gasteiger partial charge on any atom is -0.482 e. The lowest BCUT2D eigenvalue weighted by molar-refractivity contribution is -0.139. The molecule has 0 fully saturated rings. The summed E-state index contributed by atoms with van der Waals surface area (Å²) in [5.41, 5.74) is 1.95. The van der Waals surface area contributed by atoms with Crippen molar-refractivity contribution < 1.29 is 32.5 Å². The molecule has 7 nitrogen and oxygen atoms in total. The largest absolute Gasteiger partial charge is 0.482 e. The number of alkyl halides is 3. The summed E-state index contributed by atoms with van der Waals surface area (Å²) in [5.74, 6) is -0.0299. The van der Waals surface area contributed by atoms with E-state index < -0.39 is 24.3 Å². The van der Waals surface area contributed by atoms with Gasteiger partial charge in [-0.15, -0.1) is 0 Å². The quantitative estimate of drug-likeness (QED) is 0.459. The second kappa shape index (κ2) is 11.0. The van der Waals surface area contributed by atoms with Gasteiger partial charge >= 0.3 is 12.1 Å². The van der Waals surface area contributed by atoms with Crippen molar-refractivity contribution in [3.8, 4) is 17.0 Å². The van der Waals surface area contributed by atoms with E-state index in [4.69, 9.17) is 14.6 Å². The molecule has 0 saturated heterocycles. The smallest absolute Gasteiger partial charge is 0.416 e. The number of carboxylic acids is 1. The zero-order chi connectivity index (χ0) is 24.7. The normalized spacial score (nSPS) is 11.3. The molecule has 0 unspecified atom stereocenters. The lowest BCUT2D eigenvalue weighted by Gasteiger charge is -2.24. The summed E-state index contributed by atoms with van der Waals surface area (Å²) >= 11 is 0. The molecule has 1 aromatic heterocycles. The van der Waals surface area contributed by atoms with Gasteiger partial charge in [0.1, 0.15) is 11.6 Å². The SMILES string of the molecule is COCCN(Cc1ccc(OCC(=O)O)c(C)c1)c1cncc(-c2ccc(C(F)(F)F)cc2)n1. The van der Waals surface area contributed by atoms with Gasteiger partial charge in [0.2, 0.25) is 0 Å². The third-order valence-electron chi connectivity index (χ3n) is 4.98. The Bertz CT molecular complexity index is 1120. The number of hydrogen-bond acceptors (Lipinski definition) is 6. The van der Waals surface area contributed by atoms with Crippen molar-refractivity contribution in [3.63, 3.8) is 0 Å². The predicted octanol–water partition coefficient (Wildman–Crippen LogP) is 4.59. The van der Waals surface area contributed by atoms with Gasteiger partial charge in [0.15, 0.2) is 6.61 Å². The fourth-order valence-electron chi connectivity index (χ4n) is 3.28. The van der Waals surface area contributed by atoms with E-state index in [-0.39, 0.29) is 0 Å². The molecule has 1 N–H and O–H groups in total. The van der Waals surface area contributed by atoms with Crippen molar-refractivity contribution in [3.05, 3.63) is 71.5 Å². The summed E-state index contributed by atoms with van der Waals surface area (Å²) in [7, 11) is 1.58. The fraction of sp³-hybridized carbons (Fsp3) is 0.292. The van der Waals surface area contributed by atoms with E-state index in [9.17, 15) is 18.0 Å². The second-order valence-electron chi connectivity index (χ2n) is 7.53. The van der Waals surface area contributed by atoms with E-state index in [1.165, 1.54) is 18.3 Å². The molecule has 0 aliphatic rings. The Morgan fingerprint density at radius 3 is 2.47 bits per heavy atom. The molecular formula is C24H24F3N3O4. The number of aryl methyl sites for hydroxylation is 1. The van der Waals surface area contributed by atoms with Crippen molar-refractivity contribution in [2.45, 2.75) is 19.6 Å². The van der Waals surface area contributed by atoms with Crippen LogP contribution in [0.15, 0.2) is 54.9 Å². The number of carboxylic acid groups (broad SMARTS) is 1. The van der Waals surface area contributed by atoms with Gasteiger partial charge in [-0.05, 0) is 36.2 Å². The van der Waals surface area contributed by atoms with Gasteiger partial charge in [-0.2, -0.15) is 13.2 Å². The van der Waals surface area contributed by atoms with Gasteiger partial charge in [0.25, 0.3) is 0 Å². The number of aromatic nitrogens is 2. The number of benzene rings is 2. The van der Waals surface area contributed by atoms with Crippen LogP contribution < -0.4 is 9.64 Å². The maximum atomic E-state index is 12.9. The molecule has 0 saturated carbocycles. The Hall–Kier alpha value is -3.66. The minimum absolute atomic E-state index is 0.422. The average Bonchev–Trinajstić information content (AvgIpc) is 2.80. The predicted molar refractivity (Wildman–Crippen MR) is 120 cm³/mol. The van der Waals surface area contributed by atoms with Gasteiger partial charge < -0.3 is 19.5 Å². The van der Waals surface area contributed by atoms with Crippen LogP contribution in [0.3, 0.4) is 0 Å². The molecule has 0 spiro atoms. The summed E-state index contributed by atoms with van der Waals surface area (Å²) in [6, 6.07) is 10.2. The minimum atomic E-state index is -4.41. The fourth-order valence-corrected chi connectivity index (χ4v) is 3.28. The van der Waals surface area contributed by atoms with Crippen LogP contribution in [0.1, 0.15) is 16.7 Å². The maximum absolute atomic E-state index is 12.9. The number of carbonyl (C=O) groups is 1. The molecule has 34 heavy (non-hydrogen) atoms. The van der Waals surface area contributed by atoms with E-state index in [1.807, 2.05) is 24.0 Å². The second-order valence-corrected chi connectivity index (χ2v) is 7.53. The Kier molecular flexibility index (Phi) is 8.06. The van der Waals surface area contributed by atoms with Crippen LogP contribution in [0.5, 0.6) is 5.75 Å². The van der Waals surface area contributed by atoms with Crippen LogP contribution in [0.4, 0.5) is 19.0 Å². The molecule has 0 atom stereocenters. The monoisotopic (exact) mass is 475 g/mol. The van der Waals surface area contributed by atoms with Crippen molar-refractivity contribution in [2.75, 3.05) is 31.8 Å². The van der Waals surface area contributed by atoms with Gasteiger partial charge in [-0.3, -0.25) is 4.98 Å². The van der Waals surface area contributed by atoms with E-state index in [0.29, 0.717) is 42.5 Å². The first-order valence-electron chi connectivity index (χ1n) is 10.3. The summed E-state index contributed by atoms with van der Waals surface area (Å²) in [6.45, 7) is 2.77. The number of ether oxygens (including phenoxy) is 2. The summed E-state index contributed by atoms with van der Waals surface area (Å²) in [4.78, 5) is 21.5. The Labute approximate surface area is 194 Å². The number of nitrogens with zero attached hydrogens (tertiary/aromatic N) is 3. The average molecular weight is 475 g/mol. The molecule has 0 amide bonds. The summed E-state index contributed by atoms with van der Waals surface area (Å²) < 4.78 is 49.1. The van der Waals surface area contributed by atoms with Crippen LogP contribution in [0.25, 0.3) is 11.3 Å². The van der Waals surface area contributed by atoms with E-state index >= 15 is 0 Å². The number of rotatable bonds is 10. The van der Waals surface area contributed by atoms with Crippen molar-refractivity contribution in [2.24, 2.45) is 0 Å². The van der Waals surface area contributed by atoms with Gasteiger partial charge in [-0.1, -0.05) is 24.3 Å². The van der Waals surface area contributed by atoms with Crippen LogP contribution in [-0.2, 0) is 22.3 Å². The van der Waals surface area contributed by atoms with Crippen molar-refractivity contribution in [1.82, 2.24) is 9.97 Å². The summed E-state index contributed by atoms with van der Waals surface area (Å²) in [5, 5.41) is 8.80. The molecule has 180 valence electrons. The topological polar surface area (TPSA) is 84.8 Å². The molecule has 3 rings (SSSR count). The highest BCUT2D eigenvalue weighted by atomic mass is 19.4. The molecule has 3 aromatic rings. The molecule has 0 aliphatic carbocycles. The van der Waals surface area contributed by atoms with Crippen LogP contribution in [-0.4, -0.2) is 47.9 Å². The molecule has 1 heterocycles. The molecule has 0 aliphatic heterocycles. The lowest BCUT2D eigenvalue weighted by atomic mass is 10.1.